The van der Waals surface area contributed by atoms with Crippen molar-refractivity contribution >= 4 is 11.8 Å². The van der Waals surface area contributed by atoms with Crippen molar-refractivity contribution < 1.29 is 23.8 Å². The van der Waals surface area contributed by atoms with E-state index in [1.165, 1.54) is 0 Å². The summed E-state index contributed by atoms with van der Waals surface area (Å²) in [4.78, 5) is 26.5. The largest absolute Gasteiger partial charge is 0.462 e. The summed E-state index contributed by atoms with van der Waals surface area (Å²) in [5.74, 6) is 0.536. The van der Waals surface area contributed by atoms with Gasteiger partial charge in [-0.25, -0.2) is 4.79 Å². The number of fused-ring (bicyclic) bond motifs is 1. The summed E-state index contributed by atoms with van der Waals surface area (Å²) < 4.78 is 16.6. The first kappa shape index (κ1) is 21.5. The number of carbonyl (C=O) groups excluding carboxylic acids is 2. The van der Waals surface area contributed by atoms with Gasteiger partial charge < -0.3 is 19.5 Å². The quantitative estimate of drug-likeness (QED) is 0.524. The molecule has 0 saturated heterocycles. The van der Waals surface area contributed by atoms with E-state index in [1.807, 2.05) is 25.1 Å². The van der Waals surface area contributed by atoms with Crippen molar-refractivity contribution in [1.29, 1.82) is 0 Å². The Bertz CT molecular complexity index is 972. The molecule has 0 amide bonds. The van der Waals surface area contributed by atoms with Gasteiger partial charge in [0.1, 0.15) is 0 Å². The van der Waals surface area contributed by atoms with Gasteiger partial charge in [0.2, 0.25) is 6.79 Å². The molecule has 1 aromatic carbocycles. The molecule has 0 aromatic heterocycles. The molecule has 0 bridgehead atoms. The van der Waals surface area contributed by atoms with Gasteiger partial charge in [0.05, 0.1) is 12.2 Å². The molecule has 1 aromatic rings. The molecule has 2 heterocycles. The van der Waals surface area contributed by atoms with Crippen LogP contribution in [0.5, 0.6) is 11.5 Å². The molecule has 31 heavy (non-hydrogen) atoms. The molecule has 1 N–H and O–H groups in total. The topological polar surface area (TPSA) is 73.9 Å². The molecular formula is C25H31NO5. The minimum atomic E-state index is -0.479. The van der Waals surface area contributed by atoms with Crippen LogP contribution < -0.4 is 14.8 Å². The monoisotopic (exact) mass is 425 g/mol. The number of allylic oxidation sites excluding steroid dienone is 3. The van der Waals surface area contributed by atoms with Crippen LogP contribution in [0.1, 0.15) is 71.3 Å². The highest BCUT2D eigenvalue weighted by Gasteiger charge is 2.43. The van der Waals surface area contributed by atoms with Crippen LogP contribution in [0.4, 0.5) is 0 Å². The van der Waals surface area contributed by atoms with E-state index in [9.17, 15) is 9.59 Å². The molecule has 6 nitrogen and oxygen atoms in total. The fourth-order valence-corrected chi connectivity index (χ4v) is 4.73. The van der Waals surface area contributed by atoms with Gasteiger partial charge >= 0.3 is 5.97 Å². The summed E-state index contributed by atoms with van der Waals surface area (Å²) in [6.07, 6.45) is 4.11. The zero-order valence-electron chi connectivity index (χ0n) is 18.8. The molecule has 3 aliphatic rings. The van der Waals surface area contributed by atoms with Gasteiger partial charge in [-0.05, 0) is 42.9 Å². The molecule has 2 aliphatic heterocycles. The fraction of sp³-hybridized carbons (Fsp3) is 0.520. The number of nitrogens with one attached hydrogen (secondary N) is 1. The van der Waals surface area contributed by atoms with Crippen LogP contribution in [0.2, 0.25) is 0 Å². The van der Waals surface area contributed by atoms with E-state index in [0.717, 1.165) is 42.6 Å². The van der Waals surface area contributed by atoms with Crippen molar-refractivity contribution in [2.45, 2.75) is 65.7 Å². The van der Waals surface area contributed by atoms with Crippen LogP contribution in [0.3, 0.4) is 0 Å². The fourth-order valence-electron chi connectivity index (χ4n) is 4.73. The molecule has 0 unspecified atom stereocenters. The summed E-state index contributed by atoms with van der Waals surface area (Å²) in [6, 6.07) is 5.64. The van der Waals surface area contributed by atoms with Crippen LogP contribution in [-0.4, -0.2) is 25.2 Å². The number of ketones is 1. The predicted octanol–water partition coefficient (Wildman–Crippen LogP) is 4.75. The van der Waals surface area contributed by atoms with Crippen LogP contribution in [0, 0.1) is 5.41 Å². The van der Waals surface area contributed by atoms with Crippen molar-refractivity contribution in [1.82, 2.24) is 5.32 Å². The predicted molar refractivity (Wildman–Crippen MR) is 117 cm³/mol. The SMILES string of the molecule is CCCCCOC(=O)C1=C(C)NC2=C(C(=O)CC(C)(C)C2)[C@H]1c1ccc2c(c1)OCO2. The molecule has 1 aliphatic carbocycles. The maximum atomic E-state index is 13.3. The molecule has 166 valence electrons. The first-order valence-electron chi connectivity index (χ1n) is 11.1. The normalized spacial score (nSPS) is 21.7. The van der Waals surface area contributed by atoms with E-state index in [-0.39, 0.29) is 24.0 Å². The number of carbonyl (C=O) groups is 2. The molecule has 0 spiro atoms. The van der Waals surface area contributed by atoms with Crippen LogP contribution >= 0.6 is 0 Å². The summed E-state index contributed by atoms with van der Waals surface area (Å²) in [7, 11) is 0. The minimum absolute atomic E-state index is 0.0743. The van der Waals surface area contributed by atoms with E-state index in [0.29, 0.717) is 35.7 Å². The number of hydrogen-bond acceptors (Lipinski definition) is 6. The van der Waals surface area contributed by atoms with E-state index in [2.05, 4.69) is 26.1 Å². The van der Waals surface area contributed by atoms with Crippen LogP contribution in [-0.2, 0) is 14.3 Å². The molecule has 0 saturated carbocycles. The van der Waals surface area contributed by atoms with Crippen molar-refractivity contribution in [2.24, 2.45) is 5.41 Å². The lowest BCUT2D eigenvalue weighted by Crippen LogP contribution is -2.38. The number of benzene rings is 1. The molecule has 0 radical (unpaired) electrons. The average molecular weight is 426 g/mol. The number of Topliss-reactive ketones (excluding diaryl/α,β-unsaturated/α-hetero) is 1. The van der Waals surface area contributed by atoms with Gasteiger partial charge in [-0.3, -0.25) is 4.79 Å². The zero-order chi connectivity index (χ0) is 22.2. The number of rotatable bonds is 6. The van der Waals surface area contributed by atoms with E-state index in [4.69, 9.17) is 14.2 Å². The van der Waals surface area contributed by atoms with Gasteiger partial charge in [0.25, 0.3) is 0 Å². The van der Waals surface area contributed by atoms with Crippen LogP contribution in [0.25, 0.3) is 0 Å². The standard InChI is InChI=1S/C25H31NO5/c1-5-6-7-10-29-24(28)21-15(2)26-17-12-25(3,4)13-18(27)23(17)22(21)16-8-9-19-20(11-16)31-14-30-19/h8-9,11,22,26H,5-7,10,12-14H2,1-4H3/t22-/m0/s1. The number of hydrogen-bond donors (Lipinski definition) is 1. The van der Waals surface area contributed by atoms with Gasteiger partial charge in [-0.15, -0.1) is 0 Å². The second kappa shape index (κ2) is 8.40. The Morgan fingerprint density at radius 3 is 2.74 bits per heavy atom. The van der Waals surface area contributed by atoms with Crippen LogP contribution in [0.15, 0.2) is 40.7 Å². The lowest BCUT2D eigenvalue weighted by atomic mass is 9.68. The first-order valence-corrected chi connectivity index (χ1v) is 11.1. The smallest absolute Gasteiger partial charge is 0.336 e. The van der Waals surface area contributed by atoms with Crippen molar-refractivity contribution in [3.63, 3.8) is 0 Å². The Morgan fingerprint density at radius 1 is 1.19 bits per heavy atom. The van der Waals surface area contributed by atoms with Gasteiger partial charge in [-0.2, -0.15) is 0 Å². The van der Waals surface area contributed by atoms with E-state index in [1.54, 1.807) is 0 Å². The van der Waals surface area contributed by atoms with Crippen molar-refractivity contribution in [2.75, 3.05) is 13.4 Å². The third kappa shape index (κ3) is 4.21. The lowest BCUT2D eigenvalue weighted by molar-refractivity contribution is -0.139. The molecule has 6 heteroatoms. The summed E-state index contributed by atoms with van der Waals surface area (Å²) in [5.41, 5.74) is 3.54. The third-order valence-electron chi connectivity index (χ3n) is 6.17. The Morgan fingerprint density at radius 2 is 1.97 bits per heavy atom. The van der Waals surface area contributed by atoms with Crippen molar-refractivity contribution in [3.05, 3.63) is 46.3 Å². The molecule has 4 rings (SSSR count). The number of dihydropyridines is 1. The summed E-state index contributed by atoms with van der Waals surface area (Å²) in [6.45, 7) is 8.75. The van der Waals surface area contributed by atoms with Gasteiger partial charge in [0, 0.05) is 29.3 Å². The van der Waals surface area contributed by atoms with Gasteiger partial charge in [0.15, 0.2) is 17.3 Å². The maximum Gasteiger partial charge on any atom is 0.336 e. The Kier molecular flexibility index (Phi) is 5.82. The highest BCUT2D eigenvalue weighted by molar-refractivity contribution is 6.04. The first-order chi connectivity index (χ1) is 14.8. The number of esters is 1. The second-order valence-corrected chi connectivity index (χ2v) is 9.39. The Labute approximate surface area is 183 Å². The van der Waals surface area contributed by atoms with E-state index >= 15 is 0 Å². The highest BCUT2D eigenvalue weighted by Crippen LogP contribution is 2.48. The number of ether oxygens (including phenoxy) is 3. The molecule has 0 fully saturated rings. The number of unbranched alkanes of at least 4 members (excludes halogenated alkanes) is 2. The summed E-state index contributed by atoms with van der Waals surface area (Å²) in [5, 5.41) is 3.37. The summed E-state index contributed by atoms with van der Waals surface area (Å²) >= 11 is 0. The Balaban J connectivity index is 1.75. The zero-order valence-corrected chi connectivity index (χ0v) is 18.8. The maximum absolute atomic E-state index is 13.3. The molecular weight excluding hydrogens is 394 g/mol. The second-order valence-electron chi connectivity index (χ2n) is 9.39. The minimum Gasteiger partial charge on any atom is -0.462 e. The van der Waals surface area contributed by atoms with E-state index < -0.39 is 5.92 Å². The molecule has 1 atom stereocenters. The third-order valence-corrected chi connectivity index (χ3v) is 6.17. The average Bonchev–Trinajstić information content (AvgIpc) is 3.16. The highest BCUT2D eigenvalue weighted by atomic mass is 16.7. The lowest BCUT2D eigenvalue weighted by Gasteiger charge is -2.39. The van der Waals surface area contributed by atoms with Gasteiger partial charge in [-0.1, -0.05) is 39.7 Å². The Hall–Kier alpha value is -2.76. The van der Waals surface area contributed by atoms with Crippen molar-refractivity contribution in [3.8, 4) is 11.5 Å².